The normalized spacial score (nSPS) is 16.2. The van der Waals surface area contributed by atoms with Crippen LogP contribution in [-0.2, 0) is 4.57 Å². The van der Waals surface area contributed by atoms with E-state index in [1.807, 2.05) is 44.2 Å². The van der Waals surface area contributed by atoms with Gasteiger partial charge in [0, 0.05) is 11.8 Å². The zero-order valence-corrected chi connectivity index (χ0v) is 13.4. The number of benzene rings is 1. The quantitative estimate of drug-likeness (QED) is 0.464. The Morgan fingerprint density at radius 2 is 2.05 bits per heavy atom. The maximum absolute atomic E-state index is 12.5. The van der Waals surface area contributed by atoms with Gasteiger partial charge in [-0.1, -0.05) is 43.4 Å². The Hall–Kier alpha value is -0.770. The van der Waals surface area contributed by atoms with Crippen molar-refractivity contribution in [2.75, 3.05) is 6.54 Å². The van der Waals surface area contributed by atoms with Gasteiger partial charge in [-0.25, -0.2) is 4.99 Å². The molecule has 1 rings (SSSR count). The number of hydrogen-bond acceptors (Lipinski definition) is 3. The summed E-state index contributed by atoms with van der Waals surface area (Å²) >= 11 is 1.34. The fourth-order valence-electron chi connectivity index (χ4n) is 1.39. The molecule has 0 aliphatic rings. The summed E-state index contributed by atoms with van der Waals surface area (Å²) in [5, 5.41) is 0.273. The highest BCUT2D eigenvalue weighted by Crippen LogP contribution is 2.56. The van der Waals surface area contributed by atoms with Gasteiger partial charge in [-0.2, -0.15) is 0 Å². The molecule has 0 aliphatic carbocycles. The van der Waals surface area contributed by atoms with Crippen LogP contribution in [-0.4, -0.2) is 22.8 Å². The molecule has 2 atom stereocenters. The molecule has 2 unspecified atom stereocenters. The van der Waals surface area contributed by atoms with Gasteiger partial charge in [0.05, 0.1) is 12.0 Å². The van der Waals surface area contributed by atoms with Gasteiger partial charge >= 0.3 is 0 Å². The first-order valence-electron chi connectivity index (χ1n) is 6.43. The van der Waals surface area contributed by atoms with Gasteiger partial charge in [-0.3, -0.25) is 14.7 Å². The largest absolute Gasteiger partial charge is 0.294 e. The smallest absolute Gasteiger partial charge is 0.291 e. The van der Waals surface area contributed by atoms with Crippen LogP contribution in [0.4, 0.5) is 5.69 Å². The highest BCUT2D eigenvalue weighted by atomic mass is 32.7. The first kappa shape index (κ1) is 16.3. The Balaban J connectivity index is 2.77. The second kappa shape index (κ2) is 7.73. The lowest BCUT2D eigenvalue weighted by molar-refractivity contribution is 0.544. The molecule has 6 heteroatoms. The van der Waals surface area contributed by atoms with E-state index in [1.54, 1.807) is 11.0 Å². The fraction of sp³-hybridized carbons (Fsp3) is 0.462. The van der Waals surface area contributed by atoms with Crippen LogP contribution in [0.1, 0.15) is 27.2 Å². The third-order valence-corrected chi connectivity index (χ3v) is 7.40. The van der Waals surface area contributed by atoms with Crippen molar-refractivity contribution in [1.82, 2.24) is 4.67 Å². The zero-order valence-electron chi connectivity index (χ0n) is 11.7. The summed E-state index contributed by atoms with van der Waals surface area (Å²) < 4.78 is 14.1. The van der Waals surface area contributed by atoms with Crippen molar-refractivity contribution in [2.24, 2.45) is 10.5 Å². The Bertz CT molecular complexity index is 452. The van der Waals surface area contributed by atoms with Crippen LogP contribution in [0, 0.1) is 0 Å². The van der Waals surface area contributed by atoms with E-state index >= 15 is 0 Å². The van der Waals surface area contributed by atoms with Crippen molar-refractivity contribution >= 4 is 30.1 Å². The van der Waals surface area contributed by atoms with Gasteiger partial charge in [0.2, 0.25) is 0 Å². The lowest BCUT2D eigenvalue weighted by Crippen LogP contribution is -2.22. The summed E-state index contributed by atoms with van der Waals surface area (Å²) in [6.45, 7) is 3.69. The second-order valence-corrected chi connectivity index (χ2v) is 9.08. The van der Waals surface area contributed by atoms with Crippen LogP contribution in [0.15, 0.2) is 35.3 Å². The zero-order chi connectivity index (χ0) is 14.3. The van der Waals surface area contributed by atoms with Crippen LogP contribution in [0.5, 0.6) is 0 Å². The summed E-state index contributed by atoms with van der Waals surface area (Å²) in [6.07, 6.45) is 2.53. The maximum atomic E-state index is 12.5. The lowest BCUT2D eigenvalue weighted by Gasteiger charge is -2.26. The number of hydrogen-bond donors (Lipinski definition) is 1. The molecule has 2 N–H and O–H groups in total. The maximum Gasteiger partial charge on any atom is 0.291 e. The van der Waals surface area contributed by atoms with Crippen molar-refractivity contribution < 1.29 is 4.57 Å². The number of nitrogens with two attached hydrogens (primary N) is 1. The summed E-state index contributed by atoms with van der Waals surface area (Å²) in [6, 6.07) is 9.56. The molecule has 4 nitrogen and oxygen atoms in total. The highest BCUT2D eigenvalue weighted by Gasteiger charge is 2.25. The number of rotatable bonds is 7. The summed E-state index contributed by atoms with van der Waals surface area (Å²) in [7, 11) is 0. The monoisotopic (exact) mass is 299 g/mol. The van der Waals surface area contributed by atoms with E-state index in [4.69, 9.17) is 5.50 Å². The van der Waals surface area contributed by atoms with Crippen LogP contribution in [0.2, 0.25) is 0 Å². The van der Waals surface area contributed by atoms with Crippen LogP contribution in [0.3, 0.4) is 0 Å². The van der Waals surface area contributed by atoms with E-state index in [-0.39, 0.29) is 5.25 Å². The first-order chi connectivity index (χ1) is 8.99. The van der Waals surface area contributed by atoms with Gasteiger partial charge < -0.3 is 0 Å². The SMILES string of the molecule is CCC(C)SP(N)(=O)N(C=Nc1ccccc1)CC. The molecule has 0 fully saturated rings. The minimum Gasteiger partial charge on any atom is -0.294 e. The van der Waals surface area contributed by atoms with Gasteiger partial charge in [-0.15, -0.1) is 0 Å². The molecule has 19 heavy (non-hydrogen) atoms. The average molecular weight is 299 g/mol. The molecule has 0 radical (unpaired) electrons. The van der Waals surface area contributed by atoms with Gasteiger partial charge in [0.1, 0.15) is 0 Å². The van der Waals surface area contributed by atoms with E-state index in [2.05, 4.69) is 11.9 Å². The number of nitrogens with zero attached hydrogens (tertiary/aromatic N) is 2. The molecule has 0 aliphatic heterocycles. The summed E-state index contributed by atoms with van der Waals surface area (Å²) in [5.41, 5.74) is 6.79. The molecule has 0 saturated carbocycles. The van der Waals surface area contributed by atoms with E-state index < -0.39 is 6.65 Å². The second-order valence-electron chi connectivity index (χ2n) is 4.22. The minimum atomic E-state index is -2.91. The molecule has 0 heterocycles. The predicted molar refractivity (Wildman–Crippen MR) is 86.1 cm³/mol. The van der Waals surface area contributed by atoms with Crippen molar-refractivity contribution in [3.63, 3.8) is 0 Å². The van der Waals surface area contributed by atoms with Gasteiger partial charge in [-0.05, 0) is 25.5 Å². The van der Waals surface area contributed by atoms with Crippen LogP contribution in [0.25, 0.3) is 0 Å². The van der Waals surface area contributed by atoms with E-state index in [1.165, 1.54) is 11.4 Å². The van der Waals surface area contributed by atoms with E-state index in [0.717, 1.165) is 12.1 Å². The molecule has 0 bridgehead atoms. The first-order valence-corrected chi connectivity index (χ1v) is 9.64. The van der Waals surface area contributed by atoms with Crippen LogP contribution >= 0.6 is 18.0 Å². The Morgan fingerprint density at radius 1 is 1.42 bits per heavy atom. The predicted octanol–water partition coefficient (Wildman–Crippen LogP) is 4.27. The number of aliphatic imine (C=N–C) groups is 1. The molecule has 1 aromatic carbocycles. The molecular formula is C13H22N3OPS. The third-order valence-electron chi connectivity index (χ3n) is 2.68. The Labute approximate surface area is 119 Å². The molecule has 0 aromatic heterocycles. The van der Waals surface area contributed by atoms with Crippen molar-refractivity contribution in [2.45, 2.75) is 32.4 Å². The third kappa shape index (κ3) is 5.39. The molecule has 0 amide bonds. The minimum absolute atomic E-state index is 0.273. The molecule has 106 valence electrons. The van der Waals surface area contributed by atoms with Crippen LogP contribution < -0.4 is 5.50 Å². The molecule has 0 spiro atoms. The topological polar surface area (TPSA) is 58.7 Å². The summed E-state index contributed by atoms with van der Waals surface area (Å²) in [5.74, 6) is 0. The van der Waals surface area contributed by atoms with Crippen molar-refractivity contribution in [3.8, 4) is 0 Å². The Kier molecular flexibility index (Phi) is 6.63. The lowest BCUT2D eigenvalue weighted by atomic mass is 10.3. The van der Waals surface area contributed by atoms with Crippen molar-refractivity contribution in [3.05, 3.63) is 30.3 Å². The van der Waals surface area contributed by atoms with Gasteiger partial charge in [0.15, 0.2) is 0 Å². The standard InChI is InChI=1S/C13H22N3OPS/c1-4-12(3)19-18(14,17)16(5-2)11-15-13-9-7-6-8-10-13/h6-12H,4-5H2,1-3H3,(H2,14,17). The Morgan fingerprint density at radius 3 is 2.58 bits per heavy atom. The molecular weight excluding hydrogens is 277 g/mol. The van der Waals surface area contributed by atoms with E-state index in [9.17, 15) is 4.57 Å². The highest BCUT2D eigenvalue weighted by molar-refractivity contribution is 8.57. The average Bonchev–Trinajstić information content (AvgIpc) is 2.39. The fourth-order valence-corrected chi connectivity index (χ4v) is 5.60. The molecule has 0 saturated heterocycles. The van der Waals surface area contributed by atoms with Crippen molar-refractivity contribution in [1.29, 1.82) is 0 Å². The number of para-hydroxylation sites is 1. The van der Waals surface area contributed by atoms with Gasteiger partial charge in [0.25, 0.3) is 6.65 Å². The molecule has 1 aromatic rings. The summed E-state index contributed by atoms with van der Waals surface area (Å²) in [4.78, 5) is 4.31. The van der Waals surface area contributed by atoms with E-state index in [0.29, 0.717) is 6.54 Å².